The van der Waals surface area contributed by atoms with Crippen LogP contribution in [0, 0.1) is 4.77 Å². The smallest absolute Gasteiger partial charge is 0.213 e. The first kappa shape index (κ1) is 8.76. The topological polar surface area (TPSA) is 84.9 Å². The van der Waals surface area contributed by atoms with Gasteiger partial charge in [-0.05, 0) is 24.4 Å². The molecule has 0 bridgehead atoms. The van der Waals surface area contributed by atoms with Crippen LogP contribution in [0.3, 0.4) is 0 Å². The Kier molecular flexibility index (Phi) is 1.97. The fourth-order valence-electron chi connectivity index (χ4n) is 1.12. The number of nitrogens with zero attached hydrogens (tertiary/aromatic N) is 1. The van der Waals surface area contributed by atoms with Crippen molar-refractivity contribution in [3.8, 4) is 22.9 Å². The molecule has 1 aromatic carbocycles. The summed E-state index contributed by atoms with van der Waals surface area (Å²) in [6.07, 6.45) is 0. The fraction of sp³-hybridized carbons (Fsp3) is 0. The van der Waals surface area contributed by atoms with Crippen molar-refractivity contribution in [2.24, 2.45) is 0 Å². The first-order valence-corrected chi connectivity index (χ1v) is 4.25. The number of hydrogen-bond acceptors (Lipinski definition) is 4. The zero-order valence-electron chi connectivity index (χ0n) is 6.98. The van der Waals surface area contributed by atoms with Gasteiger partial charge in [0.05, 0.1) is 5.56 Å². The van der Waals surface area contributed by atoms with E-state index in [1.165, 1.54) is 6.07 Å². The molecule has 0 aliphatic heterocycles. The quantitative estimate of drug-likeness (QED) is 0.424. The van der Waals surface area contributed by atoms with E-state index in [2.05, 4.69) is 15.2 Å². The number of benzene rings is 1. The predicted molar refractivity (Wildman–Crippen MR) is 52.5 cm³/mol. The molecule has 0 saturated heterocycles. The van der Waals surface area contributed by atoms with Gasteiger partial charge in [0.2, 0.25) is 4.77 Å². The Hall–Kier alpha value is -1.82. The molecule has 72 valence electrons. The molecule has 6 heteroatoms. The predicted octanol–water partition coefficient (Wildman–Crippen LogP) is 1.55. The monoisotopic (exact) mass is 209 g/mol. The van der Waals surface area contributed by atoms with Crippen molar-refractivity contribution in [3.63, 3.8) is 0 Å². The van der Waals surface area contributed by atoms with Gasteiger partial charge in [0.1, 0.15) is 0 Å². The standard InChI is InChI=1S/C8H7N3O2S/c12-5-3-1-2-4(6(5)13)7-9-8(14)11-10-7/h1-3,12-13H,(H2,9,10,11,14). The first-order chi connectivity index (χ1) is 6.68. The van der Waals surface area contributed by atoms with Crippen LogP contribution in [0.15, 0.2) is 18.2 Å². The van der Waals surface area contributed by atoms with E-state index in [0.717, 1.165) is 0 Å². The lowest BCUT2D eigenvalue weighted by Gasteiger charge is -2.01. The highest BCUT2D eigenvalue weighted by atomic mass is 32.1. The van der Waals surface area contributed by atoms with E-state index in [-0.39, 0.29) is 11.5 Å². The van der Waals surface area contributed by atoms with Gasteiger partial charge in [0.25, 0.3) is 0 Å². The highest BCUT2D eigenvalue weighted by Gasteiger charge is 2.09. The number of phenols is 2. The average Bonchev–Trinajstić information content (AvgIpc) is 2.57. The number of para-hydroxylation sites is 1. The lowest BCUT2D eigenvalue weighted by atomic mass is 10.2. The van der Waals surface area contributed by atoms with Gasteiger partial charge >= 0.3 is 0 Å². The molecule has 2 aromatic rings. The van der Waals surface area contributed by atoms with E-state index in [1.54, 1.807) is 12.1 Å². The molecule has 0 saturated carbocycles. The summed E-state index contributed by atoms with van der Waals surface area (Å²) >= 11 is 4.77. The van der Waals surface area contributed by atoms with E-state index in [9.17, 15) is 10.2 Å². The summed E-state index contributed by atoms with van der Waals surface area (Å²) in [5, 5.41) is 24.0. The van der Waals surface area contributed by atoms with Crippen LogP contribution in [0.5, 0.6) is 11.5 Å². The zero-order valence-corrected chi connectivity index (χ0v) is 7.80. The third-order valence-electron chi connectivity index (χ3n) is 1.77. The van der Waals surface area contributed by atoms with Crippen molar-refractivity contribution in [2.45, 2.75) is 0 Å². The second kappa shape index (κ2) is 3.15. The number of phenolic OH excluding ortho intramolecular Hbond substituents is 2. The number of aromatic nitrogens is 3. The Labute approximate surface area is 84.1 Å². The second-order valence-corrected chi connectivity index (χ2v) is 3.08. The van der Waals surface area contributed by atoms with Gasteiger partial charge < -0.3 is 10.2 Å². The van der Waals surface area contributed by atoms with Gasteiger partial charge in [-0.2, -0.15) is 4.98 Å². The number of aromatic hydroxyl groups is 2. The maximum atomic E-state index is 9.50. The highest BCUT2D eigenvalue weighted by molar-refractivity contribution is 7.71. The molecule has 1 heterocycles. The van der Waals surface area contributed by atoms with Gasteiger partial charge in [-0.25, -0.2) is 0 Å². The third-order valence-corrected chi connectivity index (χ3v) is 1.96. The first-order valence-electron chi connectivity index (χ1n) is 3.84. The molecule has 0 spiro atoms. The van der Waals surface area contributed by atoms with Crippen molar-refractivity contribution in [1.82, 2.24) is 15.2 Å². The van der Waals surface area contributed by atoms with Crippen molar-refractivity contribution in [1.29, 1.82) is 0 Å². The molecule has 1 aromatic heterocycles. The van der Waals surface area contributed by atoms with Crippen molar-refractivity contribution in [2.75, 3.05) is 0 Å². The van der Waals surface area contributed by atoms with Gasteiger partial charge in [0, 0.05) is 0 Å². The number of nitrogens with one attached hydrogen (secondary N) is 2. The Morgan fingerprint density at radius 1 is 1.21 bits per heavy atom. The minimum absolute atomic E-state index is 0.190. The molecule has 0 aliphatic rings. The summed E-state index contributed by atoms with van der Waals surface area (Å²) in [7, 11) is 0. The van der Waals surface area contributed by atoms with E-state index < -0.39 is 0 Å². The lowest BCUT2D eigenvalue weighted by molar-refractivity contribution is 0.405. The number of aromatic amines is 2. The van der Waals surface area contributed by atoms with E-state index in [4.69, 9.17) is 12.2 Å². The van der Waals surface area contributed by atoms with E-state index in [0.29, 0.717) is 16.2 Å². The molecule has 0 radical (unpaired) electrons. The second-order valence-electron chi connectivity index (χ2n) is 2.69. The van der Waals surface area contributed by atoms with Crippen LogP contribution in [-0.4, -0.2) is 25.4 Å². The van der Waals surface area contributed by atoms with Crippen LogP contribution in [0.25, 0.3) is 11.4 Å². The van der Waals surface area contributed by atoms with Crippen LogP contribution in [0.4, 0.5) is 0 Å². The maximum absolute atomic E-state index is 9.50. The Morgan fingerprint density at radius 3 is 2.64 bits per heavy atom. The summed E-state index contributed by atoms with van der Waals surface area (Å²) in [5.41, 5.74) is 0.400. The molecule has 14 heavy (non-hydrogen) atoms. The number of hydrogen-bond donors (Lipinski definition) is 4. The third kappa shape index (κ3) is 1.35. The molecular weight excluding hydrogens is 202 g/mol. The summed E-state index contributed by atoms with van der Waals surface area (Å²) in [5.74, 6) is -0.0153. The van der Waals surface area contributed by atoms with Gasteiger partial charge in [-0.1, -0.05) is 6.07 Å². The Balaban J connectivity index is 2.62. The molecule has 0 unspecified atom stereocenters. The lowest BCUT2D eigenvalue weighted by Crippen LogP contribution is -1.81. The highest BCUT2D eigenvalue weighted by Crippen LogP contribution is 2.33. The van der Waals surface area contributed by atoms with Crippen LogP contribution >= 0.6 is 12.2 Å². The van der Waals surface area contributed by atoms with Crippen LogP contribution in [-0.2, 0) is 0 Å². The molecule has 0 fully saturated rings. The molecule has 0 aliphatic carbocycles. The Morgan fingerprint density at radius 2 is 2.00 bits per heavy atom. The number of H-pyrrole nitrogens is 2. The van der Waals surface area contributed by atoms with Crippen molar-refractivity contribution in [3.05, 3.63) is 23.0 Å². The van der Waals surface area contributed by atoms with Crippen LogP contribution < -0.4 is 0 Å². The number of rotatable bonds is 1. The summed E-state index contributed by atoms with van der Waals surface area (Å²) < 4.78 is 0.294. The average molecular weight is 209 g/mol. The van der Waals surface area contributed by atoms with Gasteiger partial charge in [-0.15, -0.1) is 0 Å². The van der Waals surface area contributed by atoms with Gasteiger partial charge in [-0.3, -0.25) is 10.2 Å². The molecule has 0 amide bonds. The normalized spacial score (nSPS) is 10.3. The van der Waals surface area contributed by atoms with Gasteiger partial charge in [0.15, 0.2) is 17.3 Å². The summed E-state index contributed by atoms with van der Waals surface area (Å²) in [4.78, 5) is 3.92. The zero-order chi connectivity index (χ0) is 10.1. The van der Waals surface area contributed by atoms with Crippen molar-refractivity contribution < 1.29 is 10.2 Å². The SMILES string of the molecule is Oc1cccc(-c2nc(=S)[nH][nH]2)c1O. The molecule has 4 N–H and O–H groups in total. The Bertz CT molecular complexity index is 517. The molecular formula is C8H7N3O2S. The minimum Gasteiger partial charge on any atom is -0.504 e. The molecule has 2 rings (SSSR count). The summed E-state index contributed by atoms with van der Waals surface area (Å²) in [6, 6.07) is 4.62. The minimum atomic E-state index is -0.217. The van der Waals surface area contributed by atoms with Crippen molar-refractivity contribution >= 4 is 12.2 Å². The molecule has 5 nitrogen and oxygen atoms in total. The van der Waals surface area contributed by atoms with E-state index >= 15 is 0 Å². The molecule has 0 atom stereocenters. The largest absolute Gasteiger partial charge is 0.504 e. The summed E-state index contributed by atoms with van der Waals surface area (Å²) in [6.45, 7) is 0. The fourth-order valence-corrected chi connectivity index (χ4v) is 1.26. The van der Waals surface area contributed by atoms with Crippen LogP contribution in [0.2, 0.25) is 0 Å². The maximum Gasteiger partial charge on any atom is 0.213 e. The van der Waals surface area contributed by atoms with Crippen LogP contribution in [0.1, 0.15) is 0 Å². The van der Waals surface area contributed by atoms with E-state index in [1.807, 2.05) is 0 Å².